The van der Waals surface area contributed by atoms with Crippen LogP contribution in [-0.2, 0) is 0 Å². The maximum absolute atomic E-state index is 12.9. The highest BCUT2D eigenvalue weighted by Crippen LogP contribution is 2.28. The number of benzene rings is 2. The molecule has 0 bridgehead atoms. The Bertz CT molecular complexity index is 1100. The number of nitrogens with zero attached hydrogens (tertiary/aromatic N) is 1. The topological polar surface area (TPSA) is 126 Å². The van der Waals surface area contributed by atoms with Gasteiger partial charge in [-0.25, -0.2) is 14.6 Å². The third kappa shape index (κ3) is 5.32. The number of primary amides is 1. The molecule has 0 saturated heterocycles. The number of nitrogens with two attached hydrogens (primary N) is 1. The van der Waals surface area contributed by atoms with Crippen LogP contribution in [0.15, 0.2) is 42.5 Å². The minimum Gasteiger partial charge on any atom is -0.352 e. The van der Waals surface area contributed by atoms with Gasteiger partial charge in [0.15, 0.2) is 10.9 Å². The van der Waals surface area contributed by atoms with Crippen molar-refractivity contribution in [1.82, 2.24) is 15.6 Å². The number of thiazole rings is 1. The van der Waals surface area contributed by atoms with Crippen molar-refractivity contribution in [2.24, 2.45) is 5.73 Å². The third-order valence-corrected chi connectivity index (χ3v) is 5.35. The molecule has 0 aliphatic heterocycles. The number of hydrogen-bond acceptors (Lipinski definition) is 5. The highest BCUT2D eigenvalue weighted by Gasteiger charge is 2.19. The van der Waals surface area contributed by atoms with E-state index in [2.05, 4.69) is 20.9 Å². The lowest BCUT2D eigenvalue weighted by atomic mass is 9.97. The monoisotopic (exact) mass is 425 g/mol. The fourth-order valence-corrected chi connectivity index (χ4v) is 3.97. The first kappa shape index (κ1) is 21.3. The van der Waals surface area contributed by atoms with Crippen LogP contribution >= 0.6 is 11.3 Å². The van der Waals surface area contributed by atoms with E-state index in [0.29, 0.717) is 22.8 Å². The predicted octanol–water partition coefficient (Wildman–Crippen LogP) is 3.73. The highest BCUT2D eigenvalue weighted by atomic mass is 32.1. The molecule has 1 aromatic heterocycles. The zero-order valence-corrected chi connectivity index (χ0v) is 17.5. The van der Waals surface area contributed by atoms with Crippen LogP contribution in [0.1, 0.15) is 40.9 Å². The maximum atomic E-state index is 12.9. The molecule has 0 aliphatic rings. The summed E-state index contributed by atoms with van der Waals surface area (Å²) < 4.78 is 0.780. The highest BCUT2D eigenvalue weighted by molar-refractivity contribution is 7.22. The van der Waals surface area contributed by atoms with E-state index in [0.717, 1.165) is 15.8 Å². The Morgan fingerprint density at radius 1 is 1.17 bits per heavy atom. The fourth-order valence-electron chi connectivity index (χ4n) is 3.07. The van der Waals surface area contributed by atoms with Gasteiger partial charge in [0, 0.05) is 18.5 Å². The number of hydrogen-bond donors (Lipinski definition) is 4. The van der Waals surface area contributed by atoms with Gasteiger partial charge in [0.1, 0.15) is 0 Å². The molecule has 0 radical (unpaired) electrons. The Kier molecular flexibility index (Phi) is 6.63. The maximum Gasteiger partial charge on any atom is 0.321 e. The number of ketones is 1. The molecule has 1 heterocycles. The summed E-state index contributed by atoms with van der Waals surface area (Å²) in [5.41, 5.74) is 8.34. The number of carbonyl (C=O) groups is 3. The normalized spacial score (nSPS) is 11.7. The molecular formula is C21H23N5O3S. The van der Waals surface area contributed by atoms with E-state index in [1.165, 1.54) is 11.3 Å². The van der Waals surface area contributed by atoms with Crippen LogP contribution < -0.4 is 21.7 Å². The lowest BCUT2D eigenvalue weighted by Crippen LogP contribution is -2.34. The van der Waals surface area contributed by atoms with Gasteiger partial charge in [0.05, 0.1) is 16.3 Å². The molecule has 30 heavy (non-hydrogen) atoms. The van der Waals surface area contributed by atoms with Crippen molar-refractivity contribution < 1.29 is 14.4 Å². The molecule has 0 spiro atoms. The van der Waals surface area contributed by atoms with Crippen LogP contribution in [-0.4, -0.2) is 29.4 Å². The minimum atomic E-state index is -0.687. The number of Topliss-reactive ketones (excluding diaryl/α,β-unsaturated/α-hetero) is 1. The Balaban J connectivity index is 1.80. The molecule has 5 N–H and O–H groups in total. The van der Waals surface area contributed by atoms with Crippen LogP contribution in [0.3, 0.4) is 0 Å². The molecule has 9 heteroatoms. The second-order valence-electron chi connectivity index (χ2n) is 6.79. The average Bonchev–Trinajstić information content (AvgIpc) is 3.08. The van der Waals surface area contributed by atoms with Gasteiger partial charge in [-0.3, -0.25) is 10.1 Å². The lowest BCUT2D eigenvalue weighted by Gasteiger charge is -2.18. The lowest BCUT2D eigenvalue weighted by molar-refractivity contribution is 0.0970. The van der Waals surface area contributed by atoms with Crippen LogP contribution in [0.5, 0.6) is 0 Å². The van der Waals surface area contributed by atoms with Crippen molar-refractivity contribution in [2.75, 3.05) is 11.9 Å². The van der Waals surface area contributed by atoms with Crippen molar-refractivity contribution >= 4 is 44.5 Å². The summed E-state index contributed by atoms with van der Waals surface area (Å²) in [6.45, 7) is 4.28. The van der Waals surface area contributed by atoms with E-state index in [1.807, 2.05) is 38.1 Å². The predicted molar refractivity (Wildman–Crippen MR) is 118 cm³/mol. The average molecular weight is 426 g/mol. The van der Waals surface area contributed by atoms with Gasteiger partial charge in [-0.2, -0.15) is 0 Å². The summed E-state index contributed by atoms with van der Waals surface area (Å²) in [4.78, 5) is 40.4. The second-order valence-corrected chi connectivity index (χ2v) is 7.82. The fraction of sp³-hybridized carbons (Fsp3) is 0.238. The van der Waals surface area contributed by atoms with Crippen molar-refractivity contribution in [3.8, 4) is 0 Å². The summed E-state index contributed by atoms with van der Waals surface area (Å²) in [7, 11) is 0. The first-order chi connectivity index (χ1) is 14.4. The Morgan fingerprint density at radius 2 is 1.97 bits per heavy atom. The molecule has 4 amide bonds. The van der Waals surface area contributed by atoms with E-state index in [1.54, 1.807) is 18.2 Å². The number of aromatic nitrogens is 1. The number of urea groups is 2. The molecule has 2 aromatic carbocycles. The molecule has 0 saturated carbocycles. The smallest absolute Gasteiger partial charge is 0.321 e. The molecule has 0 aliphatic carbocycles. The van der Waals surface area contributed by atoms with E-state index in [4.69, 9.17) is 5.73 Å². The number of amides is 4. The van der Waals surface area contributed by atoms with Gasteiger partial charge >= 0.3 is 12.1 Å². The summed E-state index contributed by atoms with van der Waals surface area (Å²) in [5.74, 6) is -0.135. The van der Waals surface area contributed by atoms with Gasteiger partial charge in [0.2, 0.25) is 0 Å². The Morgan fingerprint density at radius 3 is 2.67 bits per heavy atom. The Hall–Kier alpha value is -3.46. The number of carbonyl (C=O) groups excluding carboxylic acids is 3. The van der Waals surface area contributed by atoms with Gasteiger partial charge < -0.3 is 16.4 Å². The molecule has 156 valence electrons. The minimum absolute atomic E-state index is 0.0702. The number of anilines is 1. The molecule has 8 nitrogen and oxygen atoms in total. The first-order valence-corrected chi connectivity index (χ1v) is 10.3. The zero-order valence-electron chi connectivity index (χ0n) is 16.7. The molecule has 3 aromatic rings. The number of aryl methyl sites for hydroxylation is 1. The second kappa shape index (κ2) is 9.36. The van der Waals surface area contributed by atoms with E-state index < -0.39 is 12.1 Å². The van der Waals surface area contributed by atoms with Gasteiger partial charge in [0.25, 0.3) is 0 Å². The van der Waals surface area contributed by atoms with Gasteiger partial charge in [-0.15, -0.1) is 0 Å². The quantitative estimate of drug-likeness (QED) is 0.430. The van der Waals surface area contributed by atoms with Crippen molar-refractivity contribution in [2.45, 2.75) is 26.3 Å². The number of rotatable bonds is 7. The summed E-state index contributed by atoms with van der Waals surface area (Å²) in [6.07, 6.45) is 0.0702. The summed E-state index contributed by atoms with van der Waals surface area (Å²) in [5, 5.41) is 8.42. The Labute approximate surface area is 177 Å². The third-order valence-electron chi connectivity index (χ3n) is 4.42. The molecular weight excluding hydrogens is 402 g/mol. The van der Waals surface area contributed by atoms with Crippen molar-refractivity contribution in [3.05, 3.63) is 59.2 Å². The number of fused-ring (bicyclic) bond motifs is 1. The molecule has 1 atom stereocenters. The van der Waals surface area contributed by atoms with Crippen LogP contribution in [0.2, 0.25) is 0 Å². The summed E-state index contributed by atoms with van der Waals surface area (Å²) in [6, 6.07) is 11.2. The van der Waals surface area contributed by atoms with Crippen LogP contribution in [0.25, 0.3) is 10.2 Å². The van der Waals surface area contributed by atoms with E-state index in [9.17, 15) is 14.4 Å². The largest absolute Gasteiger partial charge is 0.352 e. The molecule has 1 unspecified atom stereocenters. The molecule has 0 fully saturated rings. The SMILES string of the molecule is CCNC(=O)Nc1nc2ccc(C(=O)CC(NC(N)=O)c3cccc(C)c3)cc2s1. The van der Waals surface area contributed by atoms with Crippen molar-refractivity contribution in [1.29, 1.82) is 0 Å². The van der Waals surface area contributed by atoms with E-state index in [-0.39, 0.29) is 18.2 Å². The van der Waals surface area contributed by atoms with Crippen molar-refractivity contribution in [3.63, 3.8) is 0 Å². The zero-order chi connectivity index (χ0) is 21.7. The first-order valence-electron chi connectivity index (χ1n) is 9.47. The molecule has 3 rings (SSSR count). The standard InChI is InChI=1S/C21H23N5O3S/c1-3-23-20(29)26-21-25-15-8-7-14(10-18(15)30-21)17(27)11-16(24-19(22)28)13-6-4-5-12(2)9-13/h4-10,16H,3,11H2,1-2H3,(H3,22,24,28)(H2,23,25,26,29). The van der Waals surface area contributed by atoms with Crippen LogP contribution in [0, 0.1) is 6.92 Å². The van der Waals surface area contributed by atoms with Gasteiger partial charge in [-0.05, 0) is 37.6 Å². The van der Waals surface area contributed by atoms with Gasteiger partial charge in [-0.1, -0.05) is 41.2 Å². The van der Waals surface area contributed by atoms with E-state index >= 15 is 0 Å². The van der Waals surface area contributed by atoms with Crippen LogP contribution in [0.4, 0.5) is 14.7 Å². The summed E-state index contributed by atoms with van der Waals surface area (Å²) >= 11 is 1.29. The number of nitrogens with one attached hydrogen (secondary N) is 3.